The number of rotatable bonds is 6. The van der Waals surface area contributed by atoms with Gasteiger partial charge < -0.3 is 0 Å². The van der Waals surface area contributed by atoms with Gasteiger partial charge in [0, 0.05) is 0 Å². The number of aromatic nitrogens is 3. The fraction of sp³-hybridized carbons (Fsp3) is 0.318. The zero-order valence-corrected chi connectivity index (χ0v) is 19.3. The summed E-state index contributed by atoms with van der Waals surface area (Å²) in [5.74, 6) is -0.616. The first kappa shape index (κ1) is 23.5. The Bertz CT molecular complexity index is 1130. The average Bonchev–Trinajstić information content (AvgIpc) is 3.25. The number of anilines is 1. The second kappa shape index (κ2) is 10.1. The zero-order valence-electron chi connectivity index (χ0n) is 17.6. The van der Waals surface area contributed by atoms with Gasteiger partial charge in [0.05, 0.1) is 0 Å². The average molecular weight is 521 g/mol. The number of carbonyl (C=O) groups excluding carboxylic acids is 1. The Morgan fingerprint density at radius 1 is 1.21 bits per heavy atom. The Balaban J connectivity index is 1.59. The van der Waals surface area contributed by atoms with Gasteiger partial charge in [-0.25, -0.2) is 0 Å². The number of amides is 1. The summed E-state index contributed by atoms with van der Waals surface area (Å²) < 4.78 is 21.6. The summed E-state index contributed by atoms with van der Waals surface area (Å²) in [5.41, 5.74) is 1.51. The van der Waals surface area contributed by atoms with E-state index in [1.54, 1.807) is 30.3 Å². The molecule has 5 atom stereocenters. The minimum atomic E-state index is -1.25. The van der Waals surface area contributed by atoms with Crippen LogP contribution < -0.4 is 9.78 Å². The Hall–Kier alpha value is -2.66. The van der Waals surface area contributed by atoms with Gasteiger partial charge in [-0.05, 0) is 0 Å². The third kappa shape index (κ3) is 5.30. The molecule has 9 nitrogen and oxygen atoms in total. The van der Waals surface area contributed by atoms with Crippen LogP contribution in [-0.4, -0.2) is 81.1 Å². The van der Waals surface area contributed by atoms with Crippen LogP contribution in [0.2, 0.25) is 0 Å². The molecule has 174 valence electrons. The van der Waals surface area contributed by atoms with Gasteiger partial charge in [-0.15, -0.1) is 0 Å². The summed E-state index contributed by atoms with van der Waals surface area (Å²) in [4.78, 5) is 11.3. The molecule has 2 heterocycles. The van der Waals surface area contributed by atoms with Crippen molar-refractivity contribution in [3.8, 4) is 11.3 Å². The molecular weight excluding hydrogens is 498 g/mol. The van der Waals surface area contributed by atoms with Crippen molar-refractivity contribution in [2.24, 2.45) is 0 Å². The molecule has 2 aromatic carbocycles. The summed E-state index contributed by atoms with van der Waals surface area (Å²) in [6.45, 7) is 0.966. The monoisotopic (exact) mass is 522 g/mol. The van der Waals surface area contributed by atoms with Crippen LogP contribution in [0.1, 0.15) is 13.0 Å². The van der Waals surface area contributed by atoms with Crippen molar-refractivity contribution in [2.45, 2.75) is 36.3 Å². The summed E-state index contributed by atoms with van der Waals surface area (Å²) in [5, 5.41) is 41.7. The van der Waals surface area contributed by atoms with E-state index in [-0.39, 0.29) is 5.91 Å². The number of aliphatic hydroxyl groups is 3. The van der Waals surface area contributed by atoms with Crippen molar-refractivity contribution in [2.75, 3.05) is 11.9 Å². The number of hydrogen-bond acceptors (Lipinski definition) is 7. The predicted octanol–water partition coefficient (Wildman–Crippen LogP) is 0.0524. The van der Waals surface area contributed by atoms with Gasteiger partial charge in [-0.1, -0.05) is 0 Å². The maximum absolute atomic E-state index is 13.6. The van der Waals surface area contributed by atoms with E-state index < -0.39 is 56.7 Å². The Labute approximate surface area is 195 Å². The standard InChI is InChI=1S/C22H23FN4O5Se/c1-12(29)24-15-6-3-7-16(9-15)33-22-21(31)19(20(30)18(11-28)32-22)27-10-17(25-26-27)13-4-2-5-14(23)8-13/h2-10,18-22,28,30-31H,11H2,1H3,(H,24,29)/t18-,19+,20+,21-,22+/m1/s1. The van der Waals surface area contributed by atoms with Crippen molar-refractivity contribution in [1.29, 1.82) is 0 Å². The number of ether oxygens (including phenoxy) is 1. The van der Waals surface area contributed by atoms with Crippen molar-refractivity contribution >= 4 is 31.0 Å². The van der Waals surface area contributed by atoms with E-state index in [0.29, 0.717) is 16.9 Å². The summed E-state index contributed by atoms with van der Waals surface area (Å²) in [6.07, 6.45) is -1.82. The molecule has 0 spiro atoms. The molecule has 1 aromatic heterocycles. The molecule has 11 heteroatoms. The number of hydrogen-bond donors (Lipinski definition) is 4. The zero-order chi connectivity index (χ0) is 23.5. The van der Waals surface area contributed by atoms with Gasteiger partial charge in [0.2, 0.25) is 0 Å². The summed E-state index contributed by atoms with van der Waals surface area (Å²) >= 11 is -0.425. The van der Waals surface area contributed by atoms with Gasteiger partial charge in [0.25, 0.3) is 0 Å². The molecular formula is C22H23FN4O5Se. The van der Waals surface area contributed by atoms with Crippen molar-refractivity contribution < 1.29 is 29.2 Å². The first-order chi connectivity index (χ1) is 15.9. The predicted molar refractivity (Wildman–Crippen MR) is 118 cm³/mol. The van der Waals surface area contributed by atoms with Gasteiger partial charge >= 0.3 is 195 Å². The molecule has 1 aliphatic rings. The van der Waals surface area contributed by atoms with Crippen molar-refractivity contribution in [1.82, 2.24) is 15.0 Å². The topological polar surface area (TPSA) is 130 Å². The molecule has 0 aliphatic carbocycles. The van der Waals surface area contributed by atoms with Crippen LogP contribution in [0, 0.1) is 5.82 Å². The SMILES string of the molecule is CC(=O)Nc1cccc([Se][C@@H]2O[C@H](CO)[C@H](O)[C@H](n3cc(-c4cccc(F)c4)nn3)[C@H]2O)c1. The van der Waals surface area contributed by atoms with E-state index in [0.717, 1.165) is 4.46 Å². The third-order valence-corrected chi connectivity index (χ3v) is 7.60. The number of nitrogens with one attached hydrogen (secondary N) is 1. The number of carbonyl (C=O) groups is 1. The molecule has 33 heavy (non-hydrogen) atoms. The van der Waals surface area contributed by atoms with Crippen LogP contribution in [0.15, 0.2) is 54.7 Å². The maximum atomic E-state index is 13.6. The van der Waals surface area contributed by atoms with E-state index in [2.05, 4.69) is 15.6 Å². The van der Waals surface area contributed by atoms with Crippen LogP contribution in [-0.2, 0) is 9.53 Å². The van der Waals surface area contributed by atoms with Crippen LogP contribution in [0.4, 0.5) is 10.1 Å². The normalized spacial score (nSPS) is 25.1. The van der Waals surface area contributed by atoms with E-state index in [4.69, 9.17) is 4.74 Å². The summed E-state index contributed by atoms with van der Waals surface area (Å²) in [6, 6.07) is 12.1. The van der Waals surface area contributed by atoms with Crippen LogP contribution in [0.25, 0.3) is 11.3 Å². The molecule has 1 aliphatic heterocycles. The van der Waals surface area contributed by atoms with E-state index in [9.17, 15) is 24.5 Å². The summed E-state index contributed by atoms with van der Waals surface area (Å²) in [7, 11) is 0. The van der Waals surface area contributed by atoms with Crippen LogP contribution >= 0.6 is 0 Å². The van der Waals surface area contributed by atoms with Gasteiger partial charge in [0.15, 0.2) is 0 Å². The van der Waals surface area contributed by atoms with E-state index >= 15 is 0 Å². The van der Waals surface area contributed by atoms with E-state index in [1.165, 1.54) is 29.9 Å². The number of aliphatic hydroxyl groups excluding tert-OH is 3. The number of benzene rings is 2. The van der Waals surface area contributed by atoms with Gasteiger partial charge in [0.1, 0.15) is 0 Å². The second-order valence-corrected chi connectivity index (χ2v) is 10.1. The van der Waals surface area contributed by atoms with Gasteiger partial charge in [-0.3, -0.25) is 0 Å². The Morgan fingerprint density at radius 2 is 2.00 bits per heavy atom. The first-order valence-electron chi connectivity index (χ1n) is 10.2. The van der Waals surface area contributed by atoms with Crippen molar-refractivity contribution in [3.63, 3.8) is 0 Å². The van der Waals surface area contributed by atoms with Crippen LogP contribution in [0.5, 0.6) is 0 Å². The van der Waals surface area contributed by atoms with Crippen molar-refractivity contribution in [3.05, 3.63) is 60.5 Å². The Morgan fingerprint density at radius 3 is 2.73 bits per heavy atom. The second-order valence-electron chi connectivity index (χ2n) is 7.62. The molecule has 4 rings (SSSR count). The molecule has 0 saturated carbocycles. The van der Waals surface area contributed by atoms with E-state index in [1.807, 2.05) is 6.07 Å². The molecule has 3 aromatic rings. The number of halogens is 1. The molecule has 0 unspecified atom stereocenters. The quantitative estimate of drug-likeness (QED) is 0.338. The fourth-order valence-corrected chi connectivity index (χ4v) is 6.01. The van der Waals surface area contributed by atoms with Crippen LogP contribution in [0.3, 0.4) is 0 Å². The molecule has 0 radical (unpaired) electrons. The molecule has 1 amide bonds. The molecule has 4 N–H and O–H groups in total. The minimum absolute atomic E-state index is 0.197. The first-order valence-corrected chi connectivity index (χ1v) is 12.0. The van der Waals surface area contributed by atoms with Gasteiger partial charge in [-0.2, -0.15) is 0 Å². The number of nitrogens with zero attached hydrogens (tertiary/aromatic N) is 3. The molecule has 1 fully saturated rings. The molecule has 1 saturated heterocycles. The fourth-order valence-electron chi connectivity index (χ4n) is 3.66. The Kier molecular flexibility index (Phi) is 7.18. The molecule has 0 bridgehead atoms. The third-order valence-electron chi connectivity index (χ3n) is 5.19.